The first-order valence-electron chi connectivity index (χ1n) is 9.55. The van der Waals surface area contributed by atoms with Crippen LogP contribution < -0.4 is 0 Å². The average Bonchev–Trinajstić information content (AvgIpc) is 3.07. The number of hydrogen-bond donors (Lipinski definition) is 1. The Hall–Kier alpha value is -3.21. The van der Waals surface area contributed by atoms with E-state index in [1.165, 1.54) is 0 Å². The highest BCUT2D eigenvalue weighted by molar-refractivity contribution is 6.04. The van der Waals surface area contributed by atoms with Crippen molar-refractivity contribution in [2.45, 2.75) is 32.2 Å². The van der Waals surface area contributed by atoms with Crippen LogP contribution in [0.3, 0.4) is 0 Å². The predicted octanol–water partition coefficient (Wildman–Crippen LogP) is 4.10. The Morgan fingerprint density at radius 3 is 2.54 bits per heavy atom. The number of pyridine rings is 1. The molecule has 1 N–H and O–H groups in total. The molecule has 3 aromatic rings. The summed E-state index contributed by atoms with van der Waals surface area (Å²) in [6.07, 6.45) is 3.92. The van der Waals surface area contributed by atoms with E-state index in [1.54, 1.807) is 18.1 Å². The number of nitrogens with one attached hydrogen (secondary N) is 1. The highest BCUT2D eigenvalue weighted by Crippen LogP contribution is 2.31. The average molecular weight is 373 g/mol. The summed E-state index contributed by atoms with van der Waals surface area (Å²) in [6, 6.07) is 15.3. The number of aromatic nitrogens is 2. The van der Waals surface area contributed by atoms with Gasteiger partial charge in [-0.2, -0.15) is 0 Å². The van der Waals surface area contributed by atoms with E-state index in [9.17, 15) is 9.59 Å². The molecule has 1 aromatic carbocycles. The van der Waals surface area contributed by atoms with Crippen LogP contribution >= 0.6 is 0 Å². The summed E-state index contributed by atoms with van der Waals surface area (Å²) in [7, 11) is 1.79. The largest absolute Gasteiger partial charge is 0.354 e. The first-order valence-corrected chi connectivity index (χ1v) is 9.55. The van der Waals surface area contributed by atoms with Gasteiger partial charge in [0, 0.05) is 30.9 Å². The van der Waals surface area contributed by atoms with E-state index in [0.717, 1.165) is 35.4 Å². The van der Waals surface area contributed by atoms with E-state index in [4.69, 9.17) is 0 Å². The molecule has 1 aliphatic carbocycles. The first-order chi connectivity index (χ1) is 13.6. The van der Waals surface area contributed by atoms with Crippen molar-refractivity contribution >= 4 is 11.7 Å². The monoisotopic (exact) mass is 373 g/mol. The van der Waals surface area contributed by atoms with Gasteiger partial charge in [0.05, 0.1) is 11.7 Å². The van der Waals surface area contributed by atoms with Crippen LogP contribution in [0.2, 0.25) is 0 Å². The summed E-state index contributed by atoms with van der Waals surface area (Å²) < 4.78 is 0. The van der Waals surface area contributed by atoms with Crippen molar-refractivity contribution in [3.63, 3.8) is 0 Å². The molecule has 5 heteroatoms. The van der Waals surface area contributed by atoms with Gasteiger partial charge < -0.3 is 9.88 Å². The fourth-order valence-corrected chi connectivity index (χ4v) is 4.05. The molecule has 0 saturated carbocycles. The topological polar surface area (TPSA) is 66.1 Å². The lowest BCUT2D eigenvalue weighted by Crippen LogP contribution is -2.33. The van der Waals surface area contributed by atoms with Gasteiger partial charge in [-0.3, -0.25) is 14.6 Å². The standard InChI is InChI=1S/C23H23N3O2/c1-15-20-17(12-8-13-19(20)27)25-21(15)23(28)26(2)22(16-9-4-3-5-10-16)18-11-6-7-14-24-18/h3-7,9-11,14,22,25H,8,12-13H2,1-2H3. The van der Waals surface area contributed by atoms with Crippen LogP contribution in [0.15, 0.2) is 54.7 Å². The van der Waals surface area contributed by atoms with Gasteiger partial charge in [0.2, 0.25) is 0 Å². The normalized spacial score (nSPS) is 14.4. The summed E-state index contributed by atoms with van der Waals surface area (Å²) >= 11 is 0. The Morgan fingerprint density at radius 2 is 1.86 bits per heavy atom. The van der Waals surface area contributed by atoms with E-state index in [-0.39, 0.29) is 17.7 Å². The molecule has 5 nitrogen and oxygen atoms in total. The second kappa shape index (κ2) is 7.43. The number of carbonyl (C=O) groups excluding carboxylic acids is 2. The summed E-state index contributed by atoms with van der Waals surface area (Å²) in [5, 5.41) is 0. The summed E-state index contributed by atoms with van der Waals surface area (Å²) in [6.45, 7) is 1.86. The van der Waals surface area contributed by atoms with Crippen molar-refractivity contribution in [1.82, 2.24) is 14.9 Å². The second-order valence-corrected chi connectivity index (χ2v) is 7.24. The van der Waals surface area contributed by atoms with Crippen LogP contribution in [-0.2, 0) is 6.42 Å². The maximum absolute atomic E-state index is 13.4. The Morgan fingerprint density at radius 1 is 1.11 bits per heavy atom. The number of amides is 1. The number of fused-ring (bicyclic) bond motifs is 1. The van der Waals surface area contributed by atoms with Gasteiger partial charge in [0.1, 0.15) is 5.69 Å². The summed E-state index contributed by atoms with van der Waals surface area (Å²) in [5.74, 6) is -0.0137. The number of rotatable bonds is 4. The van der Waals surface area contributed by atoms with Crippen LogP contribution in [0.1, 0.15) is 62.2 Å². The third-order valence-electron chi connectivity index (χ3n) is 5.44. The number of nitrogens with zero attached hydrogens (tertiary/aromatic N) is 2. The van der Waals surface area contributed by atoms with Crippen molar-refractivity contribution in [2.75, 3.05) is 7.05 Å². The smallest absolute Gasteiger partial charge is 0.271 e. The lowest BCUT2D eigenvalue weighted by atomic mass is 9.93. The zero-order valence-electron chi connectivity index (χ0n) is 16.1. The maximum atomic E-state index is 13.4. The van der Waals surface area contributed by atoms with Crippen molar-refractivity contribution in [1.29, 1.82) is 0 Å². The van der Waals surface area contributed by atoms with Crippen LogP contribution in [0.25, 0.3) is 0 Å². The highest BCUT2D eigenvalue weighted by atomic mass is 16.2. The number of Topliss-reactive ketones (excluding diaryl/α,β-unsaturated/α-hetero) is 1. The molecule has 0 saturated heterocycles. The van der Waals surface area contributed by atoms with Crippen LogP contribution in [0.4, 0.5) is 0 Å². The number of aromatic amines is 1. The quantitative estimate of drug-likeness (QED) is 0.749. The van der Waals surface area contributed by atoms with Crippen molar-refractivity contribution < 1.29 is 9.59 Å². The van der Waals surface area contributed by atoms with Crippen LogP contribution in [0, 0.1) is 6.92 Å². The van der Waals surface area contributed by atoms with Gasteiger partial charge in [-0.15, -0.1) is 0 Å². The minimum atomic E-state index is -0.315. The van der Waals surface area contributed by atoms with Gasteiger partial charge in [0.15, 0.2) is 5.78 Å². The molecule has 0 radical (unpaired) electrons. The molecular weight excluding hydrogens is 350 g/mol. The third-order valence-corrected chi connectivity index (χ3v) is 5.44. The number of carbonyl (C=O) groups is 2. The van der Waals surface area contributed by atoms with Crippen molar-refractivity contribution in [3.05, 3.63) is 88.5 Å². The maximum Gasteiger partial charge on any atom is 0.271 e. The second-order valence-electron chi connectivity index (χ2n) is 7.24. The van der Waals surface area contributed by atoms with E-state index >= 15 is 0 Å². The fourth-order valence-electron chi connectivity index (χ4n) is 4.05. The zero-order valence-corrected chi connectivity index (χ0v) is 16.1. The van der Waals surface area contributed by atoms with Gasteiger partial charge in [0.25, 0.3) is 5.91 Å². The molecule has 1 amide bonds. The molecular formula is C23H23N3O2. The van der Waals surface area contributed by atoms with E-state index in [2.05, 4.69) is 9.97 Å². The molecule has 0 bridgehead atoms. The van der Waals surface area contributed by atoms with Crippen molar-refractivity contribution in [2.24, 2.45) is 0 Å². The van der Waals surface area contributed by atoms with Gasteiger partial charge >= 0.3 is 0 Å². The molecule has 28 heavy (non-hydrogen) atoms. The van der Waals surface area contributed by atoms with E-state index < -0.39 is 0 Å². The molecule has 1 aliphatic rings. The highest BCUT2D eigenvalue weighted by Gasteiger charge is 2.31. The van der Waals surface area contributed by atoms with E-state index in [0.29, 0.717) is 17.7 Å². The predicted molar refractivity (Wildman–Crippen MR) is 107 cm³/mol. The lowest BCUT2D eigenvalue weighted by molar-refractivity contribution is 0.0746. The zero-order chi connectivity index (χ0) is 19.7. The molecule has 1 atom stereocenters. The molecule has 0 fully saturated rings. The van der Waals surface area contributed by atoms with E-state index in [1.807, 2.05) is 55.5 Å². The Bertz CT molecular complexity index is 970. The molecule has 4 rings (SSSR count). The lowest BCUT2D eigenvalue weighted by Gasteiger charge is -2.28. The molecule has 2 aromatic heterocycles. The molecule has 1 unspecified atom stereocenters. The summed E-state index contributed by atoms with van der Waals surface area (Å²) in [5.41, 5.74) is 4.64. The molecule has 0 aliphatic heterocycles. The first kappa shape index (κ1) is 18.2. The van der Waals surface area contributed by atoms with Crippen LogP contribution in [-0.4, -0.2) is 33.6 Å². The molecule has 142 valence electrons. The fraction of sp³-hybridized carbons (Fsp3) is 0.261. The number of benzene rings is 1. The Kier molecular flexibility index (Phi) is 4.82. The number of ketones is 1. The van der Waals surface area contributed by atoms with Gasteiger partial charge in [-0.25, -0.2) is 0 Å². The number of H-pyrrole nitrogens is 1. The minimum Gasteiger partial charge on any atom is -0.354 e. The number of aryl methyl sites for hydroxylation is 1. The van der Waals surface area contributed by atoms with Gasteiger partial charge in [-0.1, -0.05) is 36.4 Å². The van der Waals surface area contributed by atoms with Crippen molar-refractivity contribution in [3.8, 4) is 0 Å². The number of hydrogen-bond acceptors (Lipinski definition) is 3. The molecule has 0 spiro atoms. The molecule has 2 heterocycles. The minimum absolute atomic E-state index is 0.126. The summed E-state index contributed by atoms with van der Waals surface area (Å²) in [4.78, 5) is 35.2. The Labute approximate surface area is 164 Å². The van der Waals surface area contributed by atoms with Crippen LogP contribution in [0.5, 0.6) is 0 Å². The van der Waals surface area contributed by atoms with Gasteiger partial charge in [-0.05, 0) is 43.0 Å². The Balaban J connectivity index is 1.75. The third kappa shape index (κ3) is 3.13. The SMILES string of the molecule is Cc1c(C(=O)N(C)C(c2ccccc2)c2ccccn2)[nH]c2c1C(=O)CCC2.